The third-order valence-electron chi connectivity index (χ3n) is 3.57. The first-order valence-corrected chi connectivity index (χ1v) is 8.77. The summed E-state index contributed by atoms with van der Waals surface area (Å²) in [6.45, 7) is 1.44. The SMILES string of the molecule is CC(=O)Nc1ccc(C(=O)Nc2ccc(Sc3nccn3C)cc2)cc1. The minimum Gasteiger partial charge on any atom is -0.329 e. The molecule has 0 saturated heterocycles. The second-order valence-corrected chi connectivity index (χ2v) is 6.70. The van der Waals surface area contributed by atoms with Crippen LogP contribution in [0.25, 0.3) is 0 Å². The highest BCUT2D eigenvalue weighted by Crippen LogP contribution is 2.26. The van der Waals surface area contributed by atoms with Crippen LogP contribution < -0.4 is 10.6 Å². The summed E-state index contributed by atoms with van der Waals surface area (Å²) in [7, 11) is 1.95. The van der Waals surface area contributed by atoms with Crippen molar-refractivity contribution in [2.45, 2.75) is 17.0 Å². The number of carbonyl (C=O) groups excluding carboxylic acids is 2. The van der Waals surface area contributed by atoms with Gasteiger partial charge in [0.25, 0.3) is 5.91 Å². The molecule has 2 aromatic carbocycles. The summed E-state index contributed by atoms with van der Waals surface area (Å²) in [6.07, 6.45) is 3.66. The minimum absolute atomic E-state index is 0.147. The number of aryl methyl sites for hydroxylation is 1. The van der Waals surface area contributed by atoms with Crippen LogP contribution in [0.1, 0.15) is 17.3 Å². The lowest BCUT2D eigenvalue weighted by Gasteiger charge is -2.08. The van der Waals surface area contributed by atoms with Crippen LogP contribution in [0.15, 0.2) is 71.0 Å². The molecule has 0 aliphatic heterocycles. The number of amides is 2. The molecule has 0 unspecified atom stereocenters. The topological polar surface area (TPSA) is 76.0 Å². The van der Waals surface area contributed by atoms with Crippen molar-refractivity contribution in [3.8, 4) is 0 Å². The van der Waals surface area contributed by atoms with Crippen molar-refractivity contribution in [1.82, 2.24) is 9.55 Å². The number of nitrogens with one attached hydrogen (secondary N) is 2. The second-order valence-electron chi connectivity index (χ2n) is 5.66. The Kier molecular flexibility index (Phi) is 5.38. The molecule has 0 fully saturated rings. The lowest BCUT2D eigenvalue weighted by atomic mass is 10.2. The van der Waals surface area contributed by atoms with Crippen LogP contribution in [0.3, 0.4) is 0 Å². The fourth-order valence-corrected chi connectivity index (χ4v) is 3.07. The van der Waals surface area contributed by atoms with Gasteiger partial charge < -0.3 is 15.2 Å². The number of aromatic nitrogens is 2. The molecule has 6 nitrogen and oxygen atoms in total. The number of carbonyl (C=O) groups is 2. The smallest absolute Gasteiger partial charge is 0.255 e. The predicted octanol–water partition coefficient (Wildman–Crippen LogP) is 3.78. The molecule has 0 saturated carbocycles. The predicted molar refractivity (Wildman–Crippen MR) is 102 cm³/mol. The van der Waals surface area contributed by atoms with Crippen LogP contribution in [0, 0.1) is 0 Å². The Labute approximate surface area is 155 Å². The molecule has 0 atom stereocenters. The average molecular weight is 366 g/mol. The number of imidazole rings is 1. The molecule has 0 spiro atoms. The molecule has 7 heteroatoms. The molecule has 1 aromatic heterocycles. The van der Waals surface area contributed by atoms with E-state index in [2.05, 4.69) is 15.6 Å². The van der Waals surface area contributed by atoms with Gasteiger partial charge in [0.2, 0.25) is 5.91 Å². The Morgan fingerprint density at radius 3 is 2.15 bits per heavy atom. The van der Waals surface area contributed by atoms with Crippen molar-refractivity contribution in [2.24, 2.45) is 7.05 Å². The highest BCUT2D eigenvalue weighted by molar-refractivity contribution is 7.99. The van der Waals surface area contributed by atoms with E-state index in [-0.39, 0.29) is 11.8 Å². The lowest BCUT2D eigenvalue weighted by Crippen LogP contribution is -2.12. The molecule has 3 rings (SSSR count). The molecule has 132 valence electrons. The lowest BCUT2D eigenvalue weighted by molar-refractivity contribution is -0.114. The van der Waals surface area contributed by atoms with E-state index < -0.39 is 0 Å². The number of hydrogen-bond acceptors (Lipinski definition) is 4. The van der Waals surface area contributed by atoms with Crippen molar-refractivity contribution in [3.05, 3.63) is 66.5 Å². The van der Waals surface area contributed by atoms with E-state index in [0.717, 1.165) is 10.1 Å². The zero-order chi connectivity index (χ0) is 18.5. The van der Waals surface area contributed by atoms with Crippen LogP contribution in [-0.2, 0) is 11.8 Å². The van der Waals surface area contributed by atoms with Gasteiger partial charge in [-0.1, -0.05) is 11.8 Å². The number of hydrogen-bond donors (Lipinski definition) is 2. The maximum atomic E-state index is 12.3. The maximum absolute atomic E-state index is 12.3. The molecule has 0 radical (unpaired) electrons. The van der Waals surface area contributed by atoms with Gasteiger partial charge >= 0.3 is 0 Å². The summed E-state index contributed by atoms with van der Waals surface area (Å²) in [6, 6.07) is 14.3. The van der Waals surface area contributed by atoms with Gasteiger partial charge in [-0.25, -0.2) is 4.98 Å². The fraction of sp³-hybridized carbons (Fsp3) is 0.105. The van der Waals surface area contributed by atoms with Crippen molar-refractivity contribution >= 4 is 35.0 Å². The van der Waals surface area contributed by atoms with Crippen LogP contribution >= 0.6 is 11.8 Å². The van der Waals surface area contributed by atoms with Gasteiger partial charge in [-0.05, 0) is 48.5 Å². The van der Waals surface area contributed by atoms with E-state index in [1.807, 2.05) is 42.1 Å². The van der Waals surface area contributed by atoms with Crippen LogP contribution in [0.2, 0.25) is 0 Å². The first kappa shape index (κ1) is 17.8. The largest absolute Gasteiger partial charge is 0.329 e. The van der Waals surface area contributed by atoms with Gasteiger partial charge in [0.1, 0.15) is 0 Å². The van der Waals surface area contributed by atoms with E-state index in [0.29, 0.717) is 16.9 Å². The monoisotopic (exact) mass is 366 g/mol. The summed E-state index contributed by atoms with van der Waals surface area (Å²) >= 11 is 1.56. The Morgan fingerprint density at radius 1 is 0.962 bits per heavy atom. The van der Waals surface area contributed by atoms with Gasteiger partial charge in [-0.3, -0.25) is 9.59 Å². The quantitative estimate of drug-likeness (QED) is 0.720. The standard InChI is InChI=1S/C19H18N4O2S/c1-13(24)21-15-5-3-14(4-6-15)18(25)22-16-7-9-17(10-8-16)26-19-20-11-12-23(19)2/h3-12H,1-2H3,(H,21,24)(H,22,25). The van der Waals surface area contributed by atoms with Crippen molar-refractivity contribution in [2.75, 3.05) is 10.6 Å². The van der Waals surface area contributed by atoms with Gasteiger partial charge in [-0.2, -0.15) is 0 Å². The summed E-state index contributed by atoms with van der Waals surface area (Å²) in [5, 5.41) is 6.43. The van der Waals surface area contributed by atoms with E-state index in [1.54, 1.807) is 42.2 Å². The number of rotatable bonds is 5. The van der Waals surface area contributed by atoms with Gasteiger partial charge in [-0.15, -0.1) is 0 Å². The van der Waals surface area contributed by atoms with Gasteiger partial charge in [0, 0.05) is 48.2 Å². The summed E-state index contributed by atoms with van der Waals surface area (Å²) in [5.74, 6) is -0.352. The zero-order valence-electron chi connectivity index (χ0n) is 14.4. The summed E-state index contributed by atoms with van der Waals surface area (Å²) in [4.78, 5) is 28.7. The van der Waals surface area contributed by atoms with Crippen LogP contribution in [0.5, 0.6) is 0 Å². The zero-order valence-corrected chi connectivity index (χ0v) is 15.2. The molecule has 0 aliphatic carbocycles. The molecule has 2 N–H and O–H groups in total. The molecular formula is C19H18N4O2S. The first-order chi connectivity index (χ1) is 12.5. The van der Waals surface area contributed by atoms with E-state index in [1.165, 1.54) is 6.92 Å². The van der Waals surface area contributed by atoms with Gasteiger partial charge in [0.05, 0.1) is 0 Å². The fourth-order valence-electron chi connectivity index (χ4n) is 2.27. The van der Waals surface area contributed by atoms with E-state index in [4.69, 9.17) is 0 Å². The third-order valence-corrected chi connectivity index (χ3v) is 4.65. The van der Waals surface area contributed by atoms with Crippen molar-refractivity contribution < 1.29 is 9.59 Å². The molecule has 0 aliphatic rings. The Morgan fingerprint density at radius 2 is 1.58 bits per heavy atom. The Balaban J connectivity index is 1.62. The van der Waals surface area contributed by atoms with Crippen LogP contribution in [0.4, 0.5) is 11.4 Å². The number of nitrogens with zero attached hydrogens (tertiary/aromatic N) is 2. The normalized spacial score (nSPS) is 10.4. The first-order valence-electron chi connectivity index (χ1n) is 7.95. The number of anilines is 2. The summed E-state index contributed by atoms with van der Waals surface area (Å²) in [5.41, 5.74) is 1.89. The maximum Gasteiger partial charge on any atom is 0.255 e. The molecule has 26 heavy (non-hydrogen) atoms. The molecule has 3 aromatic rings. The summed E-state index contributed by atoms with van der Waals surface area (Å²) < 4.78 is 1.95. The molecule has 0 bridgehead atoms. The molecule has 2 amide bonds. The third kappa shape index (κ3) is 4.52. The van der Waals surface area contributed by atoms with E-state index in [9.17, 15) is 9.59 Å². The van der Waals surface area contributed by atoms with Crippen molar-refractivity contribution in [1.29, 1.82) is 0 Å². The van der Waals surface area contributed by atoms with Gasteiger partial charge in [0.15, 0.2) is 5.16 Å². The second kappa shape index (κ2) is 7.88. The molecular weight excluding hydrogens is 348 g/mol. The Hall–Kier alpha value is -3.06. The highest BCUT2D eigenvalue weighted by Gasteiger charge is 2.07. The van der Waals surface area contributed by atoms with Crippen LogP contribution in [-0.4, -0.2) is 21.4 Å². The average Bonchev–Trinajstić information content (AvgIpc) is 3.01. The molecule has 1 heterocycles. The number of benzene rings is 2. The van der Waals surface area contributed by atoms with E-state index >= 15 is 0 Å². The highest BCUT2D eigenvalue weighted by atomic mass is 32.2. The minimum atomic E-state index is -0.205. The van der Waals surface area contributed by atoms with Crippen molar-refractivity contribution in [3.63, 3.8) is 0 Å². The Bertz CT molecular complexity index is 917.